The molecule has 0 aromatic rings. The van der Waals surface area contributed by atoms with Gasteiger partial charge in [-0.25, -0.2) is 0 Å². The minimum Gasteiger partial charge on any atom is -0.469 e. The molecule has 0 unspecified atom stereocenters. The van der Waals surface area contributed by atoms with Gasteiger partial charge in [-0.3, -0.25) is 4.79 Å². The standard InChI is InChI=1S/C11H24N2O4S/c1-10(2)6-8-12(3)18(15,16)13(4)9-7-11(14)17-5/h10H,6-9H2,1-5H3. The topological polar surface area (TPSA) is 66.9 Å². The van der Waals surface area contributed by atoms with Crippen LogP contribution in [0, 0.1) is 5.92 Å². The third-order valence-electron chi connectivity index (χ3n) is 2.67. The lowest BCUT2D eigenvalue weighted by molar-refractivity contribution is -0.140. The van der Waals surface area contributed by atoms with Crippen molar-refractivity contribution < 1.29 is 17.9 Å². The zero-order valence-corrected chi connectivity index (χ0v) is 12.7. The normalized spacial score (nSPS) is 12.4. The molecule has 0 rings (SSSR count). The van der Waals surface area contributed by atoms with Crippen molar-refractivity contribution in [1.82, 2.24) is 8.61 Å². The van der Waals surface area contributed by atoms with Crippen LogP contribution in [-0.2, 0) is 19.7 Å². The molecule has 0 aliphatic rings. The van der Waals surface area contributed by atoms with Crippen LogP contribution in [0.1, 0.15) is 26.7 Å². The Morgan fingerprint density at radius 2 is 1.67 bits per heavy atom. The zero-order chi connectivity index (χ0) is 14.3. The maximum Gasteiger partial charge on any atom is 0.306 e. The first kappa shape index (κ1) is 17.3. The van der Waals surface area contributed by atoms with Gasteiger partial charge in [0.2, 0.25) is 0 Å². The molecule has 0 radical (unpaired) electrons. The van der Waals surface area contributed by atoms with E-state index in [2.05, 4.69) is 4.74 Å². The molecule has 18 heavy (non-hydrogen) atoms. The molecule has 0 aliphatic heterocycles. The summed E-state index contributed by atoms with van der Waals surface area (Å²) in [6.45, 7) is 4.69. The molecule has 108 valence electrons. The molecule has 0 aromatic heterocycles. The van der Waals surface area contributed by atoms with Gasteiger partial charge in [-0.1, -0.05) is 13.8 Å². The van der Waals surface area contributed by atoms with Gasteiger partial charge in [0, 0.05) is 27.2 Å². The fourth-order valence-electron chi connectivity index (χ4n) is 1.26. The Balaban J connectivity index is 4.37. The lowest BCUT2D eigenvalue weighted by Crippen LogP contribution is -2.41. The second-order valence-electron chi connectivity index (χ2n) is 4.66. The van der Waals surface area contributed by atoms with Gasteiger partial charge >= 0.3 is 5.97 Å². The number of esters is 1. The zero-order valence-electron chi connectivity index (χ0n) is 11.8. The quantitative estimate of drug-likeness (QED) is 0.614. The molecule has 0 heterocycles. The fourth-order valence-corrected chi connectivity index (χ4v) is 2.39. The second kappa shape index (κ2) is 7.70. The average Bonchev–Trinajstić information content (AvgIpc) is 2.31. The molecule has 0 bridgehead atoms. The van der Waals surface area contributed by atoms with Crippen LogP contribution in [0.2, 0.25) is 0 Å². The first-order valence-corrected chi connectivity index (χ1v) is 7.36. The van der Waals surface area contributed by atoms with E-state index in [0.717, 1.165) is 6.42 Å². The highest BCUT2D eigenvalue weighted by Crippen LogP contribution is 2.08. The Labute approximate surface area is 110 Å². The molecule has 0 saturated heterocycles. The third-order valence-corrected chi connectivity index (χ3v) is 4.61. The monoisotopic (exact) mass is 280 g/mol. The van der Waals surface area contributed by atoms with E-state index in [4.69, 9.17) is 0 Å². The van der Waals surface area contributed by atoms with Crippen molar-refractivity contribution in [3.8, 4) is 0 Å². The van der Waals surface area contributed by atoms with Crippen LogP contribution >= 0.6 is 0 Å². The van der Waals surface area contributed by atoms with Crippen LogP contribution in [0.5, 0.6) is 0 Å². The Morgan fingerprint density at radius 3 is 2.11 bits per heavy atom. The highest BCUT2D eigenvalue weighted by Gasteiger charge is 2.23. The molecule has 0 N–H and O–H groups in total. The van der Waals surface area contributed by atoms with E-state index in [1.807, 2.05) is 13.8 Å². The van der Waals surface area contributed by atoms with Crippen LogP contribution in [0.4, 0.5) is 0 Å². The smallest absolute Gasteiger partial charge is 0.306 e. The summed E-state index contributed by atoms with van der Waals surface area (Å²) in [6.07, 6.45) is 0.866. The van der Waals surface area contributed by atoms with Crippen molar-refractivity contribution in [2.75, 3.05) is 34.3 Å². The van der Waals surface area contributed by atoms with Crippen LogP contribution in [0.25, 0.3) is 0 Å². The number of carbonyl (C=O) groups excluding carboxylic acids is 1. The van der Waals surface area contributed by atoms with Crippen molar-refractivity contribution in [2.45, 2.75) is 26.7 Å². The summed E-state index contributed by atoms with van der Waals surface area (Å²) < 4.78 is 31.0. The van der Waals surface area contributed by atoms with E-state index in [-0.39, 0.29) is 13.0 Å². The molecule has 0 aliphatic carbocycles. The van der Waals surface area contributed by atoms with Crippen molar-refractivity contribution in [3.05, 3.63) is 0 Å². The number of hydrogen-bond donors (Lipinski definition) is 0. The van der Waals surface area contributed by atoms with Crippen LogP contribution < -0.4 is 0 Å². The van der Waals surface area contributed by atoms with Gasteiger partial charge < -0.3 is 4.74 Å². The molecule has 0 atom stereocenters. The van der Waals surface area contributed by atoms with Gasteiger partial charge in [-0.05, 0) is 12.3 Å². The van der Waals surface area contributed by atoms with Gasteiger partial charge in [0.25, 0.3) is 10.2 Å². The molecular formula is C11H24N2O4S. The lowest BCUT2D eigenvalue weighted by atomic mass is 10.1. The minimum atomic E-state index is -3.48. The maximum absolute atomic E-state index is 12.0. The maximum atomic E-state index is 12.0. The predicted molar refractivity (Wildman–Crippen MR) is 70.3 cm³/mol. The number of methoxy groups -OCH3 is 1. The summed E-state index contributed by atoms with van der Waals surface area (Å²) in [5.41, 5.74) is 0. The number of hydrogen-bond acceptors (Lipinski definition) is 4. The molecule has 0 amide bonds. The van der Waals surface area contributed by atoms with Gasteiger partial charge in [-0.15, -0.1) is 0 Å². The molecule has 0 spiro atoms. The SMILES string of the molecule is COC(=O)CCN(C)S(=O)(=O)N(C)CCC(C)C. The minimum absolute atomic E-state index is 0.0598. The second-order valence-corrected chi connectivity index (χ2v) is 6.80. The van der Waals surface area contributed by atoms with Crippen LogP contribution in [0.15, 0.2) is 0 Å². The predicted octanol–water partition coefficient (Wildman–Crippen LogP) is 0.704. The van der Waals surface area contributed by atoms with E-state index in [0.29, 0.717) is 12.5 Å². The number of nitrogens with zero attached hydrogens (tertiary/aromatic N) is 2. The molecule has 7 heteroatoms. The Bertz CT molecular complexity index is 354. The molecular weight excluding hydrogens is 256 g/mol. The number of rotatable bonds is 8. The van der Waals surface area contributed by atoms with Gasteiger partial charge in [0.1, 0.15) is 0 Å². The van der Waals surface area contributed by atoms with Gasteiger partial charge in [-0.2, -0.15) is 17.0 Å². The van der Waals surface area contributed by atoms with Crippen molar-refractivity contribution in [2.24, 2.45) is 5.92 Å². The van der Waals surface area contributed by atoms with Gasteiger partial charge in [0.05, 0.1) is 13.5 Å². The summed E-state index contributed by atoms with van der Waals surface area (Å²) in [5, 5.41) is 0. The molecule has 0 fully saturated rings. The molecule has 0 saturated carbocycles. The van der Waals surface area contributed by atoms with Crippen molar-refractivity contribution in [3.63, 3.8) is 0 Å². The van der Waals surface area contributed by atoms with Gasteiger partial charge in [0.15, 0.2) is 0 Å². The van der Waals surface area contributed by atoms with Crippen molar-refractivity contribution >= 4 is 16.2 Å². The Kier molecular flexibility index (Phi) is 7.42. The third kappa shape index (κ3) is 5.79. The van der Waals surface area contributed by atoms with E-state index in [1.165, 1.54) is 22.8 Å². The number of ether oxygens (including phenoxy) is 1. The van der Waals surface area contributed by atoms with E-state index in [1.54, 1.807) is 7.05 Å². The highest BCUT2D eigenvalue weighted by molar-refractivity contribution is 7.86. The summed E-state index contributed by atoms with van der Waals surface area (Å²) >= 11 is 0. The van der Waals surface area contributed by atoms with E-state index >= 15 is 0 Å². The summed E-state index contributed by atoms with van der Waals surface area (Å²) in [5.74, 6) is 0.0323. The average molecular weight is 280 g/mol. The number of carbonyl (C=O) groups is 1. The Morgan fingerprint density at radius 1 is 1.17 bits per heavy atom. The molecule has 6 nitrogen and oxygen atoms in total. The highest BCUT2D eigenvalue weighted by atomic mass is 32.2. The van der Waals surface area contributed by atoms with Crippen LogP contribution in [-0.4, -0.2) is 57.3 Å². The lowest BCUT2D eigenvalue weighted by Gasteiger charge is -2.24. The first-order valence-electron chi connectivity index (χ1n) is 5.96. The first-order chi connectivity index (χ1) is 8.21. The Hall–Kier alpha value is -0.660. The fraction of sp³-hybridized carbons (Fsp3) is 0.909. The summed E-state index contributed by atoms with van der Waals surface area (Å²) in [4.78, 5) is 11.0. The van der Waals surface area contributed by atoms with Crippen molar-refractivity contribution in [1.29, 1.82) is 0 Å². The van der Waals surface area contributed by atoms with E-state index < -0.39 is 16.2 Å². The van der Waals surface area contributed by atoms with Crippen LogP contribution in [0.3, 0.4) is 0 Å². The largest absolute Gasteiger partial charge is 0.469 e. The molecule has 0 aromatic carbocycles. The van der Waals surface area contributed by atoms with E-state index in [9.17, 15) is 13.2 Å². The summed E-state index contributed by atoms with van der Waals surface area (Å²) in [7, 11) is 0.814. The summed E-state index contributed by atoms with van der Waals surface area (Å²) in [6, 6.07) is 0.